The molecule has 1 aliphatic carbocycles. The average Bonchev–Trinajstić information content (AvgIpc) is 2.65. The molecule has 1 aromatic heterocycles. The van der Waals surface area contributed by atoms with E-state index in [4.69, 9.17) is 0 Å². The van der Waals surface area contributed by atoms with Gasteiger partial charge in [-0.1, -0.05) is 12.8 Å². The van der Waals surface area contributed by atoms with Crippen molar-refractivity contribution in [3.05, 3.63) is 17.7 Å². The first-order valence-corrected chi connectivity index (χ1v) is 5.69. The van der Waals surface area contributed by atoms with E-state index >= 15 is 0 Å². The number of nitrogens with one attached hydrogen (secondary N) is 2. The van der Waals surface area contributed by atoms with Gasteiger partial charge in [0, 0.05) is 36.8 Å². The minimum Gasteiger partial charge on any atom is -0.345 e. The third kappa shape index (κ3) is 1.36. The van der Waals surface area contributed by atoms with Crippen LogP contribution in [-0.2, 0) is 0 Å². The predicted octanol–water partition coefficient (Wildman–Crippen LogP) is 1.75. The molecule has 0 amide bonds. The number of hydrogen-bond acceptors (Lipinski definition) is 2. The van der Waals surface area contributed by atoms with E-state index in [1.165, 1.54) is 37.2 Å². The van der Waals surface area contributed by atoms with Gasteiger partial charge < -0.3 is 10.3 Å². The van der Waals surface area contributed by atoms with Crippen LogP contribution in [0.25, 0.3) is 0 Å². The zero-order valence-corrected chi connectivity index (χ0v) is 8.42. The molecule has 3 rings (SSSR count). The Balaban J connectivity index is 1.75. The van der Waals surface area contributed by atoms with E-state index in [-0.39, 0.29) is 0 Å². The summed E-state index contributed by atoms with van der Waals surface area (Å²) < 4.78 is 0. The maximum absolute atomic E-state index is 4.52. The maximum Gasteiger partial charge on any atom is 0.109 e. The predicted molar refractivity (Wildman–Crippen MR) is 55.4 cm³/mol. The van der Waals surface area contributed by atoms with E-state index in [2.05, 4.69) is 15.3 Å². The minimum atomic E-state index is 0.692. The molecule has 1 aromatic rings. The molecular formula is C11H17N3. The number of aromatic amines is 1. The van der Waals surface area contributed by atoms with Crippen molar-refractivity contribution in [2.75, 3.05) is 13.1 Å². The van der Waals surface area contributed by atoms with Gasteiger partial charge in [0.1, 0.15) is 5.82 Å². The van der Waals surface area contributed by atoms with Gasteiger partial charge in [0.2, 0.25) is 0 Å². The third-order valence-corrected chi connectivity index (χ3v) is 3.58. The second kappa shape index (κ2) is 3.39. The molecule has 3 nitrogen and oxygen atoms in total. The standard InChI is InChI=1S/C11H17N3/c1-2-4-8(3-1)11-13-7-10(14-11)9-5-12-6-9/h7-9,12H,1-6H2,(H,13,14). The molecule has 1 aliphatic heterocycles. The highest BCUT2D eigenvalue weighted by molar-refractivity contribution is 5.14. The van der Waals surface area contributed by atoms with Gasteiger partial charge in [0.15, 0.2) is 0 Å². The SMILES string of the molecule is c1nc(C2CCCC2)[nH]c1C1CNC1. The Hall–Kier alpha value is -0.830. The van der Waals surface area contributed by atoms with Crippen LogP contribution in [0.5, 0.6) is 0 Å². The largest absolute Gasteiger partial charge is 0.345 e. The Bertz CT molecular complexity index is 308. The van der Waals surface area contributed by atoms with Crippen molar-refractivity contribution in [3.63, 3.8) is 0 Å². The molecule has 2 N–H and O–H groups in total. The van der Waals surface area contributed by atoms with Crippen molar-refractivity contribution < 1.29 is 0 Å². The third-order valence-electron chi connectivity index (χ3n) is 3.58. The smallest absolute Gasteiger partial charge is 0.109 e. The van der Waals surface area contributed by atoms with Crippen LogP contribution in [0.4, 0.5) is 0 Å². The van der Waals surface area contributed by atoms with Gasteiger partial charge in [-0.15, -0.1) is 0 Å². The monoisotopic (exact) mass is 191 g/mol. The van der Waals surface area contributed by atoms with Crippen LogP contribution in [0.1, 0.15) is 49.0 Å². The van der Waals surface area contributed by atoms with Gasteiger partial charge in [-0.25, -0.2) is 4.98 Å². The molecule has 1 saturated carbocycles. The van der Waals surface area contributed by atoms with E-state index in [0.717, 1.165) is 19.0 Å². The number of rotatable bonds is 2. The number of H-pyrrole nitrogens is 1. The topological polar surface area (TPSA) is 40.7 Å². The molecule has 0 spiro atoms. The lowest BCUT2D eigenvalue weighted by Crippen LogP contribution is -2.40. The van der Waals surface area contributed by atoms with Gasteiger partial charge in [-0.05, 0) is 12.8 Å². The van der Waals surface area contributed by atoms with Crippen LogP contribution in [0.15, 0.2) is 6.20 Å². The van der Waals surface area contributed by atoms with Crippen molar-refractivity contribution in [3.8, 4) is 0 Å². The van der Waals surface area contributed by atoms with Gasteiger partial charge in [-0.3, -0.25) is 0 Å². The summed E-state index contributed by atoms with van der Waals surface area (Å²) >= 11 is 0. The van der Waals surface area contributed by atoms with Crippen LogP contribution in [-0.4, -0.2) is 23.1 Å². The van der Waals surface area contributed by atoms with E-state index in [1.54, 1.807) is 0 Å². The van der Waals surface area contributed by atoms with Gasteiger partial charge >= 0.3 is 0 Å². The first-order valence-electron chi connectivity index (χ1n) is 5.69. The van der Waals surface area contributed by atoms with Crippen molar-refractivity contribution in [2.24, 2.45) is 0 Å². The summed E-state index contributed by atoms with van der Waals surface area (Å²) in [4.78, 5) is 8.02. The number of hydrogen-bond donors (Lipinski definition) is 2. The molecule has 0 bridgehead atoms. The first kappa shape index (κ1) is 8.48. The molecule has 0 unspecified atom stereocenters. The summed E-state index contributed by atoms with van der Waals surface area (Å²) in [6.07, 6.45) is 7.46. The molecule has 0 atom stereocenters. The minimum absolute atomic E-state index is 0.692. The number of aromatic nitrogens is 2. The molecule has 76 valence electrons. The Labute approximate surface area is 84.3 Å². The zero-order chi connectivity index (χ0) is 9.38. The molecular weight excluding hydrogens is 174 g/mol. The molecule has 2 aliphatic rings. The van der Waals surface area contributed by atoms with Gasteiger partial charge in [0.05, 0.1) is 0 Å². The molecule has 0 aromatic carbocycles. The lowest BCUT2D eigenvalue weighted by molar-refractivity contribution is 0.440. The van der Waals surface area contributed by atoms with Crippen molar-refractivity contribution in [1.82, 2.24) is 15.3 Å². The summed E-state index contributed by atoms with van der Waals surface area (Å²) in [6.45, 7) is 2.23. The van der Waals surface area contributed by atoms with Crippen LogP contribution in [0, 0.1) is 0 Å². The molecule has 3 heteroatoms. The number of nitrogens with zero attached hydrogens (tertiary/aromatic N) is 1. The average molecular weight is 191 g/mol. The molecule has 0 radical (unpaired) electrons. The first-order chi connectivity index (χ1) is 6.93. The highest BCUT2D eigenvalue weighted by atomic mass is 15.0. The fourth-order valence-electron chi connectivity index (χ4n) is 2.47. The second-order valence-corrected chi connectivity index (χ2v) is 4.56. The van der Waals surface area contributed by atoms with Crippen molar-refractivity contribution >= 4 is 0 Å². The summed E-state index contributed by atoms with van der Waals surface area (Å²) in [5, 5.41) is 3.29. The lowest BCUT2D eigenvalue weighted by Gasteiger charge is -2.25. The number of imidazole rings is 1. The van der Waals surface area contributed by atoms with Crippen molar-refractivity contribution in [1.29, 1.82) is 0 Å². The Morgan fingerprint density at radius 1 is 1.14 bits per heavy atom. The van der Waals surface area contributed by atoms with E-state index in [1.807, 2.05) is 6.20 Å². The molecule has 14 heavy (non-hydrogen) atoms. The van der Waals surface area contributed by atoms with Gasteiger partial charge in [0.25, 0.3) is 0 Å². The second-order valence-electron chi connectivity index (χ2n) is 4.56. The van der Waals surface area contributed by atoms with E-state index in [9.17, 15) is 0 Å². The zero-order valence-electron chi connectivity index (χ0n) is 8.42. The van der Waals surface area contributed by atoms with Crippen LogP contribution in [0.3, 0.4) is 0 Å². The van der Waals surface area contributed by atoms with E-state index in [0.29, 0.717) is 5.92 Å². The van der Waals surface area contributed by atoms with Crippen LogP contribution >= 0.6 is 0 Å². The van der Waals surface area contributed by atoms with Crippen molar-refractivity contribution in [2.45, 2.75) is 37.5 Å². The summed E-state index contributed by atoms with van der Waals surface area (Å²) in [5.74, 6) is 2.65. The highest BCUT2D eigenvalue weighted by Crippen LogP contribution is 2.33. The fraction of sp³-hybridized carbons (Fsp3) is 0.727. The Kier molecular flexibility index (Phi) is 2.05. The molecule has 2 fully saturated rings. The maximum atomic E-state index is 4.52. The quantitative estimate of drug-likeness (QED) is 0.747. The van der Waals surface area contributed by atoms with Gasteiger partial charge in [-0.2, -0.15) is 0 Å². The molecule has 2 heterocycles. The lowest BCUT2D eigenvalue weighted by atomic mass is 10.0. The van der Waals surface area contributed by atoms with Crippen LogP contribution < -0.4 is 5.32 Å². The molecule has 1 saturated heterocycles. The Morgan fingerprint density at radius 2 is 1.93 bits per heavy atom. The summed E-state index contributed by atoms with van der Waals surface area (Å²) in [6, 6.07) is 0. The summed E-state index contributed by atoms with van der Waals surface area (Å²) in [7, 11) is 0. The van der Waals surface area contributed by atoms with E-state index < -0.39 is 0 Å². The Morgan fingerprint density at radius 3 is 2.57 bits per heavy atom. The normalized spacial score (nSPS) is 24.0. The highest BCUT2D eigenvalue weighted by Gasteiger charge is 2.24. The van der Waals surface area contributed by atoms with Crippen LogP contribution in [0.2, 0.25) is 0 Å². The fourth-order valence-corrected chi connectivity index (χ4v) is 2.47. The summed E-state index contributed by atoms with van der Waals surface area (Å²) in [5.41, 5.74) is 1.34.